The Bertz CT molecular complexity index is 371. The molecule has 0 heterocycles. The van der Waals surface area contributed by atoms with Crippen LogP contribution >= 0.6 is 24.0 Å². The molecule has 0 atom stereocenters. The van der Waals surface area contributed by atoms with Crippen LogP contribution in [0.1, 0.15) is 12.0 Å². The Morgan fingerprint density at radius 1 is 1.37 bits per heavy atom. The summed E-state index contributed by atoms with van der Waals surface area (Å²) in [5, 5.41) is 2.99. The highest BCUT2D eigenvalue weighted by Gasteiger charge is 1.95. The van der Waals surface area contributed by atoms with E-state index in [-0.39, 0.29) is 30.7 Å². The Morgan fingerprint density at radius 2 is 2.05 bits per heavy atom. The Hall–Kier alpha value is -1.05. The molecule has 0 aliphatic carbocycles. The molecule has 0 saturated carbocycles. The van der Waals surface area contributed by atoms with Crippen molar-refractivity contribution in [3.63, 3.8) is 0 Å². The maximum Gasteiger partial charge on any atom is 0.188 e. The molecule has 0 bridgehead atoms. The lowest BCUT2D eigenvalue weighted by molar-refractivity contribution is 0.414. The quantitative estimate of drug-likeness (QED) is 0.329. The first-order chi connectivity index (χ1) is 8.76. The summed E-state index contributed by atoms with van der Waals surface area (Å²) in [6.07, 6.45) is 1.27. The molecule has 0 fully saturated rings. The summed E-state index contributed by atoms with van der Waals surface area (Å²) in [6.45, 7) is 0.776. The minimum atomic E-state index is -0.359. The number of nitrogens with one attached hydrogen (secondary N) is 1. The summed E-state index contributed by atoms with van der Waals surface area (Å²) in [5.74, 6) is 1.22. The van der Waals surface area contributed by atoms with Crippen molar-refractivity contribution >= 4 is 29.9 Å². The molecule has 3 N–H and O–H groups in total. The largest absolute Gasteiger partial charge is 0.497 e. The van der Waals surface area contributed by atoms with E-state index in [0.29, 0.717) is 25.5 Å². The van der Waals surface area contributed by atoms with Crippen LogP contribution in [0.25, 0.3) is 0 Å². The molecule has 0 aliphatic rings. The summed E-state index contributed by atoms with van der Waals surface area (Å²) in [7, 11) is 1.64. The van der Waals surface area contributed by atoms with Gasteiger partial charge in [-0.05, 0) is 30.5 Å². The Balaban J connectivity index is 0.00000324. The van der Waals surface area contributed by atoms with Crippen LogP contribution in [0.2, 0.25) is 0 Å². The number of guanidine groups is 1. The minimum absolute atomic E-state index is 0. The minimum Gasteiger partial charge on any atom is -0.497 e. The van der Waals surface area contributed by atoms with Gasteiger partial charge in [-0.25, -0.2) is 0 Å². The Kier molecular flexibility index (Phi) is 10.2. The predicted molar refractivity (Wildman–Crippen MR) is 87.2 cm³/mol. The maximum atomic E-state index is 11.8. The summed E-state index contributed by atoms with van der Waals surface area (Å²) < 4.78 is 16.9. The van der Waals surface area contributed by atoms with Crippen molar-refractivity contribution in [1.82, 2.24) is 5.32 Å². The van der Waals surface area contributed by atoms with Gasteiger partial charge in [-0.2, -0.15) is 0 Å². The number of nitrogens with zero attached hydrogens (tertiary/aromatic N) is 1. The van der Waals surface area contributed by atoms with E-state index in [4.69, 9.17) is 10.5 Å². The Labute approximate surface area is 130 Å². The molecule has 0 amide bonds. The fourth-order valence-electron chi connectivity index (χ4n) is 1.44. The van der Waals surface area contributed by atoms with Crippen molar-refractivity contribution < 1.29 is 9.13 Å². The van der Waals surface area contributed by atoms with Crippen LogP contribution in [0.5, 0.6) is 5.75 Å². The molecule has 1 aromatic rings. The fourth-order valence-corrected chi connectivity index (χ4v) is 1.44. The molecular formula is C13H21FIN3O. The summed E-state index contributed by atoms with van der Waals surface area (Å²) >= 11 is 0. The van der Waals surface area contributed by atoms with E-state index >= 15 is 0 Å². The van der Waals surface area contributed by atoms with Crippen LogP contribution in [0.3, 0.4) is 0 Å². The number of alkyl halides is 1. The average molecular weight is 381 g/mol. The van der Waals surface area contributed by atoms with Crippen molar-refractivity contribution in [2.24, 2.45) is 10.7 Å². The lowest BCUT2D eigenvalue weighted by atomic mass is 10.1. The van der Waals surface area contributed by atoms with Gasteiger partial charge in [0.1, 0.15) is 5.75 Å². The van der Waals surface area contributed by atoms with Crippen molar-refractivity contribution in [3.8, 4) is 5.75 Å². The highest BCUT2D eigenvalue weighted by atomic mass is 127. The van der Waals surface area contributed by atoms with E-state index in [1.807, 2.05) is 24.3 Å². The average Bonchev–Trinajstić information content (AvgIpc) is 2.40. The molecule has 1 aromatic carbocycles. The van der Waals surface area contributed by atoms with Crippen molar-refractivity contribution in [1.29, 1.82) is 0 Å². The predicted octanol–water partition coefficient (Wildman–Crippen LogP) is 2.12. The van der Waals surface area contributed by atoms with E-state index < -0.39 is 0 Å². The number of halogens is 2. The van der Waals surface area contributed by atoms with Crippen LogP contribution in [0, 0.1) is 0 Å². The summed E-state index contributed by atoms with van der Waals surface area (Å²) in [5.41, 5.74) is 6.82. The van der Waals surface area contributed by atoms with Crippen LogP contribution in [0.15, 0.2) is 29.3 Å². The maximum absolute atomic E-state index is 11.8. The topological polar surface area (TPSA) is 59.6 Å². The van der Waals surface area contributed by atoms with Gasteiger partial charge in [0, 0.05) is 13.1 Å². The van der Waals surface area contributed by atoms with Gasteiger partial charge in [0.25, 0.3) is 0 Å². The second kappa shape index (κ2) is 10.8. The molecule has 0 saturated heterocycles. The molecular weight excluding hydrogens is 360 g/mol. The fraction of sp³-hybridized carbons (Fsp3) is 0.462. The zero-order valence-corrected chi connectivity index (χ0v) is 13.4. The number of benzene rings is 1. The molecule has 0 spiro atoms. The van der Waals surface area contributed by atoms with Crippen LogP contribution in [0.4, 0.5) is 4.39 Å². The van der Waals surface area contributed by atoms with Crippen molar-refractivity contribution in [2.45, 2.75) is 12.8 Å². The van der Waals surface area contributed by atoms with Gasteiger partial charge in [-0.1, -0.05) is 12.1 Å². The van der Waals surface area contributed by atoms with Crippen molar-refractivity contribution in [3.05, 3.63) is 29.8 Å². The van der Waals surface area contributed by atoms with E-state index in [1.54, 1.807) is 7.11 Å². The van der Waals surface area contributed by atoms with Gasteiger partial charge in [-0.3, -0.25) is 9.38 Å². The highest BCUT2D eigenvalue weighted by Crippen LogP contribution is 2.11. The second-order valence-corrected chi connectivity index (χ2v) is 3.83. The van der Waals surface area contributed by atoms with Crippen molar-refractivity contribution in [2.75, 3.05) is 26.9 Å². The first kappa shape index (κ1) is 17.9. The number of nitrogens with two attached hydrogens (primary N) is 1. The lowest BCUT2D eigenvalue weighted by Gasteiger charge is -2.06. The standard InChI is InChI=1S/C13H20FN3O.HI/c1-18-12-5-3-11(4-6-12)7-10-17-13(15)16-9-2-8-14;/h3-6H,2,7-10H2,1H3,(H3,15,16,17);1H. The van der Waals surface area contributed by atoms with Gasteiger partial charge in [0.15, 0.2) is 5.96 Å². The molecule has 0 unspecified atom stereocenters. The summed E-state index contributed by atoms with van der Waals surface area (Å²) in [6, 6.07) is 7.87. The molecule has 6 heteroatoms. The number of aliphatic imine (C=N–C) groups is 1. The second-order valence-electron chi connectivity index (χ2n) is 3.83. The summed E-state index contributed by atoms with van der Waals surface area (Å²) in [4.78, 5) is 4.00. The first-order valence-corrected chi connectivity index (χ1v) is 5.99. The molecule has 0 aliphatic heterocycles. The van der Waals surface area contributed by atoms with Crippen LogP contribution < -0.4 is 15.8 Å². The van der Waals surface area contributed by atoms with E-state index in [9.17, 15) is 4.39 Å². The highest BCUT2D eigenvalue weighted by molar-refractivity contribution is 14.0. The number of hydrogen-bond acceptors (Lipinski definition) is 2. The first-order valence-electron chi connectivity index (χ1n) is 5.99. The molecule has 19 heavy (non-hydrogen) atoms. The van der Waals surface area contributed by atoms with Gasteiger partial charge in [0.2, 0.25) is 0 Å². The van der Waals surface area contributed by atoms with Crippen LogP contribution in [-0.4, -0.2) is 32.8 Å². The van der Waals surface area contributed by atoms with Gasteiger partial charge in [-0.15, -0.1) is 24.0 Å². The van der Waals surface area contributed by atoms with E-state index in [2.05, 4.69) is 10.3 Å². The van der Waals surface area contributed by atoms with Crippen LogP contribution in [-0.2, 0) is 6.42 Å². The SMILES string of the molecule is COc1ccc(CCNC(N)=NCCCF)cc1.I. The number of ether oxygens (including phenoxy) is 1. The molecule has 0 aromatic heterocycles. The Morgan fingerprint density at radius 3 is 2.63 bits per heavy atom. The lowest BCUT2D eigenvalue weighted by Crippen LogP contribution is -2.33. The smallest absolute Gasteiger partial charge is 0.188 e. The number of methoxy groups -OCH3 is 1. The van der Waals surface area contributed by atoms with E-state index in [0.717, 1.165) is 12.2 Å². The third-order valence-corrected chi connectivity index (χ3v) is 2.45. The van der Waals surface area contributed by atoms with Gasteiger partial charge < -0.3 is 15.8 Å². The number of rotatable bonds is 7. The zero-order valence-electron chi connectivity index (χ0n) is 11.1. The molecule has 4 nitrogen and oxygen atoms in total. The molecule has 108 valence electrons. The normalized spacial score (nSPS) is 10.7. The van der Waals surface area contributed by atoms with Gasteiger partial charge in [0.05, 0.1) is 13.8 Å². The molecule has 1 rings (SSSR count). The van der Waals surface area contributed by atoms with E-state index in [1.165, 1.54) is 5.56 Å². The third kappa shape index (κ3) is 7.86. The zero-order chi connectivity index (χ0) is 13.2. The molecule has 0 radical (unpaired) electrons. The monoisotopic (exact) mass is 381 g/mol. The van der Waals surface area contributed by atoms with Gasteiger partial charge >= 0.3 is 0 Å². The third-order valence-electron chi connectivity index (χ3n) is 2.45. The number of hydrogen-bond donors (Lipinski definition) is 2.